The first-order valence-corrected chi connectivity index (χ1v) is 15.4. The number of rotatable bonds is 9. The molecule has 0 unspecified atom stereocenters. The molecule has 3 fully saturated rings. The molecule has 6 atom stereocenters. The SMILES string of the molecule is CCCC1(CCC)CCC[C@H]2[C@@H]3CCC4=C([C@@H](C)CCCC(C)C)CC[C@]4(C)[C@H]3CC[C@@]21C. The zero-order chi connectivity index (χ0) is 23.9. The van der Waals surface area contributed by atoms with E-state index in [9.17, 15) is 0 Å². The third-order valence-electron chi connectivity index (χ3n) is 12.2. The van der Waals surface area contributed by atoms with Crippen LogP contribution in [0.1, 0.15) is 151 Å². The maximum atomic E-state index is 2.79. The van der Waals surface area contributed by atoms with E-state index in [1.165, 1.54) is 96.3 Å². The van der Waals surface area contributed by atoms with Gasteiger partial charge in [-0.25, -0.2) is 0 Å². The van der Waals surface area contributed by atoms with Gasteiger partial charge in [0.1, 0.15) is 0 Å². The predicted octanol–water partition coefficient (Wildman–Crippen LogP) is 10.8. The number of fused-ring (bicyclic) bond motifs is 5. The molecule has 0 saturated heterocycles. The molecule has 0 heterocycles. The van der Waals surface area contributed by atoms with E-state index >= 15 is 0 Å². The molecular formula is C33H58. The zero-order valence-corrected chi connectivity index (χ0v) is 23.7. The van der Waals surface area contributed by atoms with Gasteiger partial charge < -0.3 is 0 Å². The molecule has 0 aromatic heterocycles. The smallest absolute Gasteiger partial charge is 0.00796 e. The van der Waals surface area contributed by atoms with Crippen molar-refractivity contribution in [2.75, 3.05) is 0 Å². The van der Waals surface area contributed by atoms with Crippen LogP contribution in [0, 0.1) is 45.8 Å². The molecule has 3 saturated carbocycles. The summed E-state index contributed by atoms with van der Waals surface area (Å²) in [5, 5.41) is 0. The van der Waals surface area contributed by atoms with E-state index in [0.29, 0.717) is 16.2 Å². The van der Waals surface area contributed by atoms with Crippen molar-refractivity contribution >= 4 is 0 Å². The van der Waals surface area contributed by atoms with Crippen LogP contribution in [0.25, 0.3) is 0 Å². The van der Waals surface area contributed by atoms with Crippen LogP contribution in [0.4, 0.5) is 0 Å². The van der Waals surface area contributed by atoms with Gasteiger partial charge in [-0.3, -0.25) is 0 Å². The first-order chi connectivity index (χ1) is 15.7. The van der Waals surface area contributed by atoms with Crippen molar-refractivity contribution < 1.29 is 0 Å². The molecule has 0 bridgehead atoms. The standard InChI is InChI=1S/C33H58/c1-8-19-33(20-9-2)21-11-14-30-27-15-16-28-26(25(5)13-10-12-24(3)4)17-22-31(28,6)29(27)18-23-32(30,33)7/h24-25,27,29-30H,8-23H2,1-7H3/t25-,27+,29-,30-,31-,32-/m0/s1. The monoisotopic (exact) mass is 454 g/mol. The van der Waals surface area contributed by atoms with Crippen molar-refractivity contribution in [1.29, 1.82) is 0 Å². The van der Waals surface area contributed by atoms with Crippen LogP contribution < -0.4 is 0 Å². The normalized spacial score (nSPS) is 38.7. The van der Waals surface area contributed by atoms with Crippen molar-refractivity contribution in [2.24, 2.45) is 45.8 Å². The molecule has 0 nitrogen and oxygen atoms in total. The minimum atomic E-state index is 0.543. The van der Waals surface area contributed by atoms with Crippen LogP contribution in [-0.2, 0) is 0 Å². The Hall–Kier alpha value is -0.260. The van der Waals surface area contributed by atoms with E-state index in [1.807, 2.05) is 11.1 Å². The van der Waals surface area contributed by atoms with Gasteiger partial charge in [0.2, 0.25) is 0 Å². The Bertz CT molecular complexity index is 685. The summed E-state index contributed by atoms with van der Waals surface area (Å²) in [6, 6.07) is 0. The summed E-state index contributed by atoms with van der Waals surface area (Å²) >= 11 is 0. The Balaban J connectivity index is 1.56. The number of hydrogen-bond donors (Lipinski definition) is 0. The molecule has 0 amide bonds. The highest BCUT2D eigenvalue weighted by Crippen LogP contribution is 2.71. The largest absolute Gasteiger partial charge is 0.0676 e. The van der Waals surface area contributed by atoms with Gasteiger partial charge in [-0.15, -0.1) is 0 Å². The lowest BCUT2D eigenvalue weighted by Gasteiger charge is -2.65. The van der Waals surface area contributed by atoms with Gasteiger partial charge in [0.25, 0.3) is 0 Å². The molecule has 0 aliphatic heterocycles. The van der Waals surface area contributed by atoms with E-state index < -0.39 is 0 Å². The van der Waals surface area contributed by atoms with Gasteiger partial charge in [0, 0.05) is 0 Å². The molecule has 4 rings (SSSR count). The number of hydrogen-bond acceptors (Lipinski definition) is 0. The minimum absolute atomic E-state index is 0.543. The third kappa shape index (κ3) is 4.31. The number of allylic oxidation sites excluding steroid dienone is 2. The van der Waals surface area contributed by atoms with Gasteiger partial charge in [-0.1, -0.05) is 91.7 Å². The lowest BCUT2D eigenvalue weighted by atomic mass is 9.39. The Labute approximate surface area is 208 Å². The first kappa shape index (κ1) is 25.8. The van der Waals surface area contributed by atoms with Crippen molar-refractivity contribution in [3.8, 4) is 0 Å². The Morgan fingerprint density at radius 2 is 1.55 bits per heavy atom. The third-order valence-corrected chi connectivity index (χ3v) is 12.2. The first-order valence-electron chi connectivity index (χ1n) is 15.4. The topological polar surface area (TPSA) is 0 Å². The van der Waals surface area contributed by atoms with Crippen molar-refractivity contribution in [3.05, 3.63) is 11.1 Å². The summed E-state index contributed by atoms with van der Waals surface area (Å²) in [6.07, 6.45) is 23.5. The highest BCUT2D eigenvalue weighted by Gasteiger charge is 2.61. The second-order valence-electron chi connectivity index (χ2n) is 14.2. The minimum Gasteiger partial charge on any atom is -0.0676 e. The van der Waals surface area contributed by atoms with Crippen LogP contribution in [-0.4, -0.2) is 0 Å². The van der Waals surface area contributed by atoms with Crippen LogP contribution in [0.2, 0.25) is 0 Å². The summed E-state index contributed by atoms with van der Waals surface area (Å²) in [4.78, 5) is 0. The van der Waals surface area contributed by atoms with Gasteiger partial charge in [-0.05, 0) is 116 Å². The van der Waals surface area contributed by atoms with Crippen molar-refractivity contribution in [2.45, 2.75) is 151 Å². The molecule has 190 valence electrons. The Morgan fingerprint density at radius 1 is 0.818 bits per heavy atom. The summed E-state index contributed by atoms with van der Waals surface area (Å²) in [6.45, 7) is 17.8. The van der Waals surface area contributed by atoms with Gasteiger partial charge in [0.15, 0.2) is 0 Å². The van der Waals surface area contributed by atoms with Crippen LogP contribution in [0.5, 0.6) is 0 Å². The molecule has 0 aromatic carbocycles. The second kappa shape index (κ2) is 10.0. The quantitative estimate of drug-likeness (QED) is 0.304. The second-order valence-corrected chi connectivity index (χ2v) is 14.2. The summed E-state index contributed by atoms with van der Waals surface area (Å²) in [5.41, 5.74) is 5.72. The Morgan fingerprint density at radius 3 is 2.21 bits per heavy atom. The van der Waals surface area contributed by atoms with Gasteiger partial charge in [-0.2, -0.15) is 0 Å². The lowest BCUT2D eigenvalue weighted by Crippen LogP contribution is -2.57. The molecule has 33 heavy (non-hydrogen) atoms. The molecule has 0 aromatic rings. The summed E-state index contributed by atoms with van der Waals surface area (Å²) in [7, 11) is 0. The molecule has 4 aliphatic rings. The maximum absolute atomic E-state index is 2.79. The molecular weight excluding hydrogens is 396 g/mol. The van der Waals surface area contributed by atoms with E-state index in [-0.39, 0.29) is 0 Å². The maximum Gasteiger partial charge on any atom is -0.00796 e. The van der Waals surface area contributed by atoms with Gasteiger partial charge in [0.05, 0.1) is 0 Å². The fraction of sp³-hybridized carbons (Fsp3) is 0.939. The molecule has 0 N–H and O–H groups in total. The summed E-state index contributed by atoms with van der Waals surface area (Å²) in [5.74, 6) is 4.70. The van der Waals surface area contributed by atoms with E-state index in [0.717, 1.165) is 29.6 Å². The molecule has 0 radical (unpaired) electrons. The lowest BCUT2D eigenvalue weighted by molar-refractivity contribution is -0.150. The van der Waals surface area contributed by atoms with Crippen LogP contribution >= 0.6 is 0 Å². The highest BCUT2D eigenvalue weighted by molar-refractivity contribution is 5.33. The fourth-order valence-corrected chi connectivity index (χ4v) is 10.6. The highest BCUT2D eigenvalue weighted by atomic mass is 14.7. The fourth-order valence-electron chi connectivity index (χ4n) is 10.6. The van der Waals surface area contributed by atoms with Gasteiger partial charge >= 0.3 is 0 Å². The average Bonchev–Trinajstić information content (AvgIpc) is 3.12. The van der Waals surface area contributed by atoms with E-state index in [4.69, 9.17) is 0 Å². The van der Waals surface area contributed by atoms with Crippen LogP contribution in [0.3, 0.4) is 0 Å². The molecule has 0 heteroatoms. The zero-order valence-electron chi connectivity index (χ0n) is 23.7. The average molecular weight is 455 g/mol. The van der Waals surface area contributed by atoms with Crippen molar-refractivity contribution in [3.63, 3.8) is 0 Å². The predicted molar refractivity (Wildman–Crippen MR) is 145 cm³/mol. The van der Waals surface area contributed by atoms with E-state index in [1.54, 1.807) is 6.42 Å². The van der Waals surface area contributed by atoms with Crippen molar-refractivity contribution in [1.82, 2.24) is 0 Å². The summed E-state index contributed by atoms with van der Waals surface area (Å²) < 4.78 is 0. The molecule has 4 aliphatic carbocycles. The molecule has 0 spiro atoms. The Kier molecular flexibility index (Phi) is 7.83. The van der Waals surface area contributed by atoms with E-state index in [2.05, 4.69) is 48.5 Å². The van der Waals surface area contributed by atoms with Crippen LogP contribution in [0.15, 0.2) is 11.1 Å².